The van der Waals surface area contributed by atoms with E-state index in [2.05, 4.69) is 23.2 Å². The molecule has 4 saturated heterocycles. The summed E-state index contributed by atoms with van der Waals surface area (Å²) in [5.41, 5.74) is 0. The van der Waals surface area contributed by atoms with Gasteiger partial charge in [-0.3, -0.25) is 22.1 Å². The molecule has 40 heteroatoms. The van der Waals surface area contributed by atoms with E-state index < -0.39 is 191 Å². The molecule has 0 aromatic carbocycles. The average molecular weight is 1120 g/mol. The van der Waals surface area contributed by atoms with E-state index in [0.717, 1.165) is 21.0 Å². The largest absolute Gasteiger partial charge is 1.00 e. The Hall–Kier alpha value is 0.970. The zero-order valence-electron chi connectivity index (χ0n) is 38.1. The van der Waals surface area contributed by atoms with Gasteiger partial charge in [-0.15, -0.1) is 0 Å². The Morgan fingerprint density at radius 1 is 0.557 bits per heavy atom. The van der Waals surface area contributed by atoms with Crippen molar-refractivity contribution >= 4 is 54.9 Å². The van der Waals surface area contributed by atoms with Crippen LogP contribution in [0.5, 0.6) is 0 Å². The molecule has 33 nitrogen and oxygen atoms in total. The standard InChI is InChI=1S/C30H48N2O31S3.4Na/c1-7-14(35)16(37)22(24(56-7)26(40)41)60-28-12(31-8(2)33)15(36)19(10(57-28)5-54-64(44,45)46)59-30-18(39)17(38)23(25(62-30)27(42)43)61-29-13(32-9(3)34)21(63-66(50,51)52)20(53-4)11(58-29)6-55-65(47,48)49;;;;/h7,10-25,28-30,35-39H,5-6H2,1-4H3,(H,31,33)(H,32,34)(H,40,41)(H,42,43)(H,44,45,46)(H,47,48,49)(H,50,51,52);;;;/q;4*+1/p-4/t7-,10?,11?,12?,13?,14+,15+,16?,17+,18?,19+,20+,21+,22-,23-,24?,25?,28+,29+,30+;;;;/m0..../s1. The summed E-state index contributed by atoms with van der Waals surface area (Å²) in [6.45, 7) is 0.0682. The Bertz CT molecular complexity index is 2080. The fourth-order valence-electron chi connectivity index (χ4n) is 7.25. The number of ether oxygens (including phenoxy) is 8. The van der Waals surface area contributed by atoms with Crippen molar-refractivity contribution in [3.8, 4) is 0 Å². The third-order valence-corrected chi connectivity index (χ3v) is 11.3. The third kappa shape index (κ3) is 19.5. The Kier molecular flexibility index (Phi) is 30.0. The van der Waals surface area contributed by atoms with Gasteiger partial charge in [0.05, 0.1) is 25.3 Å². The van der Waals surface area contributed by atoms with Crippen molar-refractivity contribution in [2.24, 2.45) is 0 Å². The Labute approximate surface area is 486 Å². The second-order valence-corrected chi connectivity index (χ2v) is 17.8. The molecule has 0 bridgehead atoms. The number of aliphatic carboxylic acids is 2. The predicted molar refractivity (Wildman–Crippen MR) is 189 cm³/mol. The summed E-state index contributed by atoms with van der Waals surface area (Å²) in [6.07, 6.45) is -40.1. The summed E-state index contributed by atoms with van der Waals surface area (Å²) in [7, 11) is -16.2. The van der Waals surface area contributed by atoms with Gasteiger partial charge in [-0.25, -0.2) is 30.0 Å². The van der Waals surface area contributed by atoms with E-state index in [1.807, 2.05) is 0 Å². The van der Waals surface area contributed by atoms with Crippen LogP contribution in [-0.4, -0.2) is 236 Å². The van der Waals surface area contributed by atoms with E-state index in [9.17, 15) is 93.8 Å². The van der Waals surface area contributed by atoms with Gasteiger partial charge < -0.3 is 103 Å². The summed E-state index contributed by atoms with van der Waals surface area (Å²) < 4.78 is 160. The fraction of sp³-hybridized carbons (Fsp3) is 0.867. The van der Waals surface area contributed by atoms with Crippen LogP contribution in [0.25, 0.3) is 0 Å². The molecule has 8 N–H and O–H groups in total. The molecule has 0 radical (unpaired) electrons. The van der Waals surface area contributed by atoms with Crippen LogP contribution < -0.4 is 134 Å². The molecule has 20 atom stereocenters. The molecular weight excluding hydrogens is 1070 g/mol. The maximum atomic E-state index is 12.6. The van der Waals surface area contributed by atoms with Crippen LogP contribution in [-0.2, 0) is 101 Å². The number of carbonyl (C=O) groups is 4. The number of nitrogens with one attached hydrogen (secondary N) is 2. The van der Waals surface area contributed by atoms with Gasteiger partial charge in [-0.2, -0.15) is 0 Å². The van der Waals surface area contributed by atoms with Crippen LogP contribution in [0.2, 0.25) is 0 Å². The molecule has 0 saturated carbocycles. The molecule has 0 aromatic rings. The van der Waals surface area contributed by atoms with Crippen molar-refractivity contribution in [1.82, 2.24) is 10.6 Å². The number of methoxy groups -OCH3 is 1. The minimum Gasteiger partial charge on any atom is -0.726 e. The van der Waals surface area contributed by atoms with Gasteiger partial charge in [0.2, 0.25) is 43.0 Å². The number of amides is 2. The van der Waals surface area contributed by atoms with Crippen LogP contribution >= 0.6 is 0 Å². The Balaban J connectivity index is 0.0000119. The monoisotopic (exact) mass is 1120 g/mol. The van der Waals surface area contributed by atoms with Crippen LogP contribution in [0.3, 0.4) is 0 Å². The van der Waals surface area contributed by atoms with Crippen LogP contribution in [0, 0.1) is 0 Å². The number of rotatable bonds is 19. The van der Waals surface area contributed by atoms with Gasteiger partial charge in [0.1, 0.15) is 91.4 Å². The number of hydrogen-bond donors (Lipinski definition) is 8. The number of carbonyl (C=O) groups excluding carboxylic acids is 3. The average Bonchev–Trinajstić information content (AvgIpc) is 3.17. The van der Waals surface area contributed by atoms with Crippen molar-refractivity contribution in [2.75, 3.05) is 20.3 Å². The predicted octanol–water partition coefficient (Wildman–Crippen LogP) is -22.4. The first kappa shape index (κ1) is 71.0. The molecule has 4 fully saturated rings. The summed E-state index contributed by atoms with van der Waals surface area (Å²) in [4.78, 5) is 49.2. The molecule has 2 amide bonds. The number of aliphatic hydroxyl groups excluding tert-OH is 5. The Morgan fingerprint density at radius 3 is 1.41 bits per heavy atom. The normalized spacial score (nSPS) is 37.9. The van der Waals surface area contributed by atoms with Gasteiger partial charge in [-0.05, 0) is 6.92 Å². The molecule has 4 aliphatic heterocycles. The van der Waals surface area contributed by atoms with Gasteiger partial charge >= 0.3 is 124 Å². The SMILES string of the molecule is CO[C@@H]1C(COS(=O)(=O)[O-])O[C@H](O[C@@H]2C(C(=O)[O-])O[C@@H](O[C@@H]3C(COS(=O)(=O)[O-])O[C@H](O[C@@H]4C(C(=O)O)O[C@@H](C)[C@@H](O)C4O)C(NC(C)=O)[C@H]3O)C(O)[C@H]2O)C(NC(C)=O)[C@H]1OS(=O)(=O)[O-].[Na+].[Na+].[Na+].[Na+]. The van der Waals surface area contributed by atoms with E-state index in [1.165, 1.54) is 6.92 Å². The second-order valence-electron chi connectivity index (χ2n) is 14.7. The number of carboxylic acids is 2. The molecular formula is C30H44N2Na4O31S3. The summed E-state index contributed by atoms with van der Waals surface area (Å²) in [6, 6.07) is -4.11. The first-order valence-corrected chi connectivity index (χ1v) is 22.7. The van der Waals surface area contributed by atoms with Crippen LogP contribution in [0.15, 0.2) is 0 Å². The van der Waals surface area contributed by atoms with Crippen molar-refractivity contribution in [1.29, 1.82) is 0 Å². The summed E-state index contributed by atoms with van der Waals surface area (Å²) in [5.74, 6) is -6.17. The molecule has 0 aromatic heterocycles. The third-order valence-electron chi connectivity index (χ3n) is 10.0. The van der Waals surface area contributed by atoms with E-state index in [4.69, 9.17) is 37.9 Å². The van der Waals surface area contributed by atoms with Crippen molar-refractivity contribution in [3.63, 3.8) is 0 Å². The van der Waals surface area contributed by atoms with Crippen LogP contribution in [0.1, 0.15) is 20.8 Å². The molecule has 382 valence electrons. The fourth-order valence-corrected chi connectivity index (χ4v) is 8.35. The smallest absolute Gasteiger partial charge is 0.726 e. The second kappa shape index (κ2) is 29.6. The van der Waals surface area contributed by atoms with E-state index >= 15 is 0 Å². The zero-order valence-corrected chi connectivity index (χ0v) is 48.5. The van der Waals surface area contributed by atoms with E-state index in [-0.39, 0.29) is 118 Å². The first-order valence-electron chi connectivity index (χ1n) is 18.7. The summed E-state index contributed by atoms with van der Waals surface area (Å²) in [5, 5.41) is 81.8. The van der Waals surface area contributed by atoms with Crippen molar-refractivity contribution in [3.05, 3.63) is 0 Å². The molecule has 4 aliphatic rings. The van der Waals surface area contributed by atoms with Crippen molar-refractivity contribution < 1.29 is 263 Å². The van der Waals surface area contributed by atoms with Gasteiger partial charge in [0.15, 0.2) is 25.0 Å². The Morgan fingerprint density at radius 2 is 0.986 bits per heavy atom. The number of aliphatic hydroxyl groups is 5. The number of hydrogen-bond acceptors (Lipinski definition) is 30. The quantitative estimate of drug-likeness (QED) is 0.0338. The number of carboxylic acid groups (broad SMARTS) is 2. The van der Waals surface area contributed by atoms with Gasteiger partial charge in [0, 0.05) is 21.0 Å². The van der Waals surface area contributed by atoms with E-state index in [1.54, 1.807) is 0 Å². The zero-order chi connectivity index (χ0) is 50.0. The molecule has 8 unspecified atom stereocenters. The maximum Gasteiger partial charge on any atom is 1.00 e. The first-order chi connectivity index (χ1) is 30.3. The molecule has 0 spiro atoms. The van der Waals surface area contributed by atoms with Gasteiger partial charge in [-0.1, -0.05) is 0 Å². The molecule has 70 heavy (non-hydrogen) atoms. The molecule has 4 heterocycles. The van der Waals surface area contributed by atoms with Gasteiger partial charge in [0.25, 0.3) is 0 Å². The van der Waals surface area contributed by atoms with Crippen molar-refractivity contribution in [2.45, 2.75) is 143 Å². The van der Waals surface area contributed by atoms with Crippen LogP contribution in [0.4, 0.5) is 0 Å². The maximum absolute atomic E-state index is 12.6. The minimum atomic E-state index is -5.80. The summed E-state index contributed by atoms with van der Waals surface area (Å²) >= 11 is 0. The minimum absolute atomic E-state index is 0. The molecule has 0 aliphatic carbocycles. The topological polar surface area (TPSA) is 510 Å². The molecule has 4 rings (SSSR count). The van der Waals surface area contributed by atoms with E-state index in [0.29, 0.717) is 0 Å².